The van der Waals surface area contributed by atoms with Crippen LogP contribution in [0.1, 0.15) is 46.0 Å². The maximum atomic E-state index is 3.60. The van der Waals surface area contributed by atoms with Gasteiger partial charge < -0.3 is 5.32 Å². The SMILES string of the molecule is CCNC(C)C1CCCCN1CC1CC1. The first-order chi connectivity index (χ1) is 7.31. The van der Waals surface area contributed by atoms with E-state index in [0.29, 0.717) is 6.04 Å². The predicted octanol–water partition coefficient (Wildman–Crippen LogP) is 2.25. The number of nitrogens with zero attached hydrogens (tertiary/aromatic N) is 1. The van der Waals surface area contributed by atoms with Crippen LogP contribution in [0.15, 0.2) is 0 Å². The molecular weight excluding hydrogens is 184 g/mol. The van der Waals surface area contributed by atoms with Gasteiger partial charge in [-0.1, -0.05) is 13.3 Å². The number of rotatable bonds is 5. The molecule has 2 atom stereocenters. The molecule has 2 unspecified atom stereocenters. The topological polar surface area (TPSA) is 15.3 Å². The molecule has 2 nitrogen and oxygen atoms in total. The zero-order chi connectivity index (χ0) is 10.7. The van der Waals surface area contributed by atoms with Gasteiger partial charge in [0.2, 0.25) is 0 Å². The molecule has 2 aliphatic rings. The molecule has 2 heteroatoms. The Morgan fingerprint density at radius 1 is 1.27 bits per heavy atom. The first-order valence-corrected chi connectivity index (χ1v) is 6.78. The van der Waals surface area contributed by atoms with Crippen molar-refractivity contribution in [2.24, 2.45) is 5.92 Å². The molecule has 0 bridgehead atoms. The molecular formula is C13H26N2. The van der Waals surface area contributed by atoms with Crippen molar-refractivity contribution in [3.05, 3.63) is 0 Å². The number of hydrogen-bond donors (Lipinski definition) is 1. The van der Waals surface area contributed by atoms with E-state index in [9.17, 15) is 0 Å². The number of likely N-dealkylation sites (tertiary alicyclic amines) is 1. The van der Waals surface area contributed by atoms with Crippen LogP contribution in [-0.2, 0) is 0 Å². The second-order valence-corrected chi connectivity index (χ2v) is 5.35. The highest BCUT2D eigenvalue weighted by Gasteiger charge is 2.31. The zero-order valence-corrected chi connectivity index (χ0v) is 10.3. The van der Waals surface area contributed by atoms with Gasteiger partial charge in [0, 0.05) is 18.6 Å². The molecule has 0 aromatic heterocycles. The summed E-state index contributed by atoms with van der Waals surface area (Å²) in [7, 11) is 0. The summed E-state index contributed by atoms with van der Waals surface area (Å²) >= 11 is 0. The van der Waals surface area contributed by atoms with E-state index in [0.717, 1.165) is 18.5 Å². The van der Waals surface area contributed by atoms with Gasteiger partial charge in [0.25, 0.3) is 0 Å². The Hall–Kier alpha value is -0.0800. The predicted molar refractivity (Wildman–Crippen MR) is 65.1 cm³/mol. The lowest BCUT2D eigenvalue weighted by atomic mass is 9.96. The Balaban J connectivity index is 1.85. The third-order valence-corrected chi connectivity index (χ3v) is 3.96. The molecule has 0 aromatic rings. The van der Waals surface area contributed by atoms with E-state index in [1.165, 1.54) is 45.2 Å². The average molecular weight is 210 g/mol. The van der Waals surface area contributed by atoms with Gasteiger partial charge in [-0.25, -0.2) is 0 Å². The Morgan fingerprint density at radius 3 is 2.73 bits per heavy atom. The normalized spacial score (nSPS) is 30.4. The van der Waals surface area contributed by atoms with Crippen LogP contribution in [0.4, 0.5) is 0 Å². The minimum absolute atomic E-state index is 0.675. The number of hydrogen-bond acceptors (Lipinski definition) is 2. The number of likely N-dealkylation sites (N-methyl/N-ethyl adjacent to an activating group) is 1. The largest absolute Gasteiger partial charge is 0.313 e. The van der Waals surface area contributed by atoms with Gasteiger partial charge in [0.05, 0.1) is 0 Å². The van der Waals surface area contributed by atoms with E-state index >= 15 is 0 Å². The van der Waals surface area contributed by atoms with Gasteiger partial charge in [-0.3, -0.25) is 4.90 Å². The second kappa shape index (κ2) is 5.31. The summed E-state index contributed by atoms with van der Waals surface area (Å²) in [5.41, 5.74) is 0. The molecule has 1 saturated heterocycles. The Morgan fingerprint density at radius 2 is 2.07 bits per heavy atom. The summed E-state index contributed by atoms with van der Waals surface area (Å²) in [5, 5.41) is 3.60. The second-order valence-electron chi connectivity index (χ2n) is 5.35. The van der Waals surface area contributed by atoms with Crippen molar-refractivity contribution in [1.82, 2.24) is 10.2 Å². The molecule has 1 heterocycles. The zero-order valence-electron chi connectivity index (χ0n) is 10.3. The highest BCUT2D eigenvalue weighted by molar-refractivity contribution is 4.88. The molecule has 0 aromatic carbocycles. The van der Waals surface area contributed by atoms with Crippen LogP contribution in [-0.4, -0.2) is 36.6 Å². The van der Waals surface area contributed by atoms with Crippen molar-refractivity contribution >= 4 is 0 Å². The number of piperidine rings is 1. The summed E-state index contributed by atoms with van der Waals surface area (Å²) in [5.74, 6) is 1.04. The summed E-state index contributed by atoms with van der Waals surface area (Å²) < 4.78 is 0. The minimum atomic E-state index is 0.675. The smallest absolute Gasteiger partial charge is 0.0246 e. The molecule has 2 fully saturated rings. The molecule has 88 valence electrons. The maximum absolute atomic E-state index is 3.60. The van der Waals surface area contributed by atoms with Crippen LogP contribution in [0.25, 0.3) is 0 Å². The summed E-state index contributed by atoms with van der Waals surface area (Å²) in [4.78, 5) is 2.76. The summed E-state index contributed by atoms with van der Waals surface area (Å²) in [6, 6.07) is 1.48. The van der Waals surface area contributed by atoms with Crippen LogP contribution in [0.3, 0.4) is 0 Å². The molecule has 2 rings (SSSR count). The van der Waals surface area contributed by atoms with E-state index in [1.54, 1.807) is 0 Å². The van der Waals surface area contributed by atoms with Gasteiger partial charge in [0.15, 0.2) is 0 Å². The lowest BCUT2D eigenvalue weighted by Gasteiger charge is -2.39. The molecule has 15 heavy (non-hydrogen) atoms. The van der Waals surface area contributed by atoms with Crippen molar-refractivity contribution in [3.8, 4) is 0 Å². The van der Waals surface area contributed by atoms with Crippen molar-refractivity contribution in [3.63, 3.8) is 0 Å². The van der Waals surface area contributed by atoms with E-state index in [-0.39, 0.29) is 0 Å². The van der Waals surface area contributed by atoms with E-state index < -0.39 is 0 Å². The fourth-order valence-corrected chi connectivity index (χ4v) is 2.90. The highest BCUT2D eigenvalue weighted by atomic mass is 15.2. The first kappa shape index (κ1) is 11.4. The lowest BCUT2D eigenvalue weighted by Crippen LogP contribution is -2.51. The van der Waals surface area contributed by atoms with Crippen molar-refractivity contribution in [2.75, 3.05) is 19.6 Å². The Kier molecular flexibility index (Phi) is 4.04. The van der Waals surface area contributed by atoms with Gasteiger partial charge in [-0.05, 0) is 51.6 Å². The van der Waals surface area contributed by atoms with E-state index in [2.05, 4.69) is 24.1 Å². The number of nitrogens with one attached hydrogen (secondary N) is 1. The molecule has 1 aliphatic heterocycles. The minimum Gasteiger partial charge on any atom is -0.313 e. The van der Waals surface area contributed by atoms with E-state index in [1.807, 2.05) is 0 Å². The monoisotopic (exact) mass is 210 g/mol. The highest BCUT2D eigenvalue weighted by Crippen LogP contribution is 2.32. The van der Waals surface area contributed by atoms with E-state index in [4.69, 9.17) is 0 Å². The Bertz CT molecular complexity index is 189. The van der Waals surface area contributed by atoms with Crippen LogP contribution in [0, 0.1) is 5.92 Å². The van der Waals surface area contributed by atoms with Gasteiger partial charge in [-0.2, -0.15) is 0 Å². The maximum Gasteiger partial charge on any atom is 0.0246 e. The molecule has 1 saturated carbocycles. The molecule has 0 amide bonds. The van der Waals surface area contributed by atoms with Gasteiger partial charge >= 0.3 is 0 Å². The summed E-state index contributed by atoms with van der Waals surface area (Å²) in [6.07, 6.45) is 7.22. The molecule has 0 radical (unpaired) electrons. The first-order valence-electron chi connectivity index (χ1n) is 6.78. The molecule has 1 aliphatic carbocycles. The van der Waals surface area contributed by atoms with Crippen molar-refractivity contribution in [1.29, 1.82) is 0 Å². The third-order valence-electron chi connectivity index (χ3n) is 3.96. The lowest BCUT2D eigenvalue weighted by molar-refractivity contribution is 0.114. The van der Waals surface area contributed by atoms with Crippen LogP contribution in [0.5, 0.6) is 0 Å². The van der Waals surface area contributed by atoms with Gasteiger partial charge in [-0.15, -0.1) is 0 Å². The molecule has 1 N–H and O–H groups in total. The van der Waals surface area contributed by atoms with Gasteiger partial charge in [0.1, 0.15) is 0 Å². The fraction of sp³-hybridized carbons (Fsp3) is 1.00. The fourth-order valence-electron chi connectivity index (χ4n) is 2.90. The van der Waals surface area contributed by atoms with Crippen molar-refractivity contribution in [2.45, 2.75) is 58.0 Å². The van der Waals surface area contributed by atoms with Crippen LogP contribution < -0.4 is 5.32 Å². The van der Waals surface area contributed by atoms with Crippen LogP contribution in [0.2, 0.25) is 0 Å². The average Bonchev–Trinajstić information content (AvgIpc) is 3.03. The van der Waals surface area contributed by atoms with Crippen LogP contribution >= 0.6 is 0 Å². The Labute approximate surface area is 94.4 Å². The quantitative estimate of drug-likeness (QED) is 0.749. The third kappa shape index (κ3) is 3.18. The summed E-state index contributed by atoms with van der Waals surface area (Å²) in [6.45, 7) is 8.40. The standard InChI is InChI=1S/C13H26N2/c1-3-14-11(2)13-6-4-5-9-15(13)10-12-7-8-12/h11-14H,3-10H2,1-2H3. The van der Waals surface area contributed by atoms with Crippen molar-refractivity contribution < 1.29 is 0 Å². The molecule has 0 spiro atoms.